The topological polar surface area (TPSA) is 35.2 Å². The molecular weight excluding hydrogens is 241 g/mol. The van der Waals surface area contributed by atoms with Gasteiger partial charge >= 0.3 is 0 Å². The fraction of sp³-hybridized carbons (Fsp3) is 0.625. The van der Waals surface area contributed by atoms with Crippen LogP contribution < -0.4 is 10.5 Å². The molecule has 2 nitrogen and oxygen atoms in total. The van der Waals surface area contributed by atoms with Crippen LogP contribution in [0.4, 0.5) is 4.39 Å². The molecule has 0 aromatic heterocycles. The number of rotatable bonds is 6. The van der Waals surface area contributed by atoms with Gasteiger partial charge in [0, 0.05) is 12.1 Å². The number of benzene rings is 1. The van der Waals surface area contributed by atoms with Crippen LogP contribution in [0.5, 0.6) is 5.75 Å². The van der Waals surface area contributed by atoms with E-state index in [9.17, 15) is 4.39 Å². The molecule has 1 unspecified atom stereocenters. The first-order chi connectivity index (χ1) is 9.17. The minimum Gasteiger partial charge on any atom is -0.493 e. The molecule has 19 heavy (non-hydrogen) atoms. The zero-order valence-corrected chi connectivity index (χ0v) is 11.7. The third-order valence-corrected chi connectivity index (χ3v) is 3.91. The predicted molar refractivity (Wildman–Crippen MR) is 75.8 cm³/mol. The van der Waals surface area contributed by atoms with Crippen LogP contribution in [0.1, 0.15) is 44.6 Å². The van der Waals surface area contributed by atoms with Gasteiger partial charge in [0.1, 0.15) is 11.6 Å². The number of ether oxygens (including phenoxy) is 1. The van der Waals surface area contributed by atoms with Crippen LogP contribution in [0.3, 0.4) is 0 Å². The van der Waals surface area contributed by atoms with Crippen molar-refractivity contribution in [3.05, 3.63) is 29.6 Å². The monoisotopic (exact) mass is 265 g/mol. The minimum atomic E-state index is -0.234. The average molecular weight is 265 g/mol. The Bertz CT molecular complexity index is 402. The molecule has 2 N–H and O–H groups in total. The fourth-order valence-corrected chi connectivity index (χ4v) is 2.66. The smallest absolute Gasteiger partial charge is 0.127 e. The van der Waals surface area contributed by atoms with E-state index in [-0.39, 0.29) is 11.9 Å². The van der Waals surface area contributed by atoms with Crippen molar-refractivity contribution >= 4 is 0 Å². The SMILES string of the molecule is CCC(N)Cc1cc(F)cc(OCC2CCCC2)c1. The summed E-state index contributed by atoms with van der Waals surface area (Å²) in [6, 6.07) is 5.03. The molecule has 0 amide bonds. The Balaban J connectivity index is 1.95. The Morgan fingerprint density at radius 1 is 1.32 bits per heavy atom. The van der Waals surface area contributed by atoms with E-state index in [4.69, 9.17) is 10.5 Å². The second kappa shape index (κ2) is 6.90. The molecule has 0 bridgehead atoms. The molecule has 0 radical (unpaired) electrons. The Hall–Kier alpha value is -1.09. The highest BCUT2D eigenvalue weighted by atomic mass is 19.1. The summed E-state index contributed by atoms with van der Waals surface area (Å²) in [5.41, 5.74) is 6.84. The molecular formula is C16H24FNO. The van der Waals surface area contributed by atoms with Gasteiger partial charge in [0.15, 0.2) is 0 Å². The lowest BCUT2D eigenvalue weighted by atomic mass is 10.0. The first-order valence-corrected chi connectivity index (χ1v) is 7.35. The molecule has 1 aromatic carbocycles. The fourth-order valence-electron chi connectivity index (χ4n) is 2.66. The Labute approximate surface area is 115 Å². The molecule has 3 heteroatoms. The van der Waals surface area contributed by atoms with E-state index in [0.717, 1.165) is 12.0 Å². The van der Waals surface area contributed by atoms with E-state index in [1.807, 2.05) is 13.0 Å². The van der Waals surface area contributed by atoms with Gasteiger partial charge < -0.3 is 10.5 Å². The lowest BCUT2D eigenvalue weighted by molar-refractivity contribution is 0.251. The van der Waals surface area contributed by atoms with Crippen molar-refractivity contribution in [3.8, 4) is 5.75 Å². The van der Waals surface area contributed by atoms with Crippen LogP contribution in [0.2, 0.25) is 0 Å². The van der Waals surface area contributed by atoms with Gasteiger partial charge in [0.05, 0.1) is 6.61 Å². The van der Waals surface area contributed by atoms with Gasteiger partial charge in [-0.25, -0.2) is 4.39 Å². The van der Waals surface area contributed by atoms with E-state index < -0.39 is 0 Å². The molecule has 0 saturated heterocycles. The molecule has 1 fully saturated rings. The molecule has 1 aliphatic carbocycles. The maximum Gasteiger partial charge on any atom is 0.127 e. The van der Waals surface area contributed by atoms with Crippen molar-refractivity contribution in [1.29, 1.82) is 0 Å². The van der Waals surface area contributed by atoms with E-state index >= 15 is 0 Å². The zero-order valence-electron chi connectivity index (χ0n) is 11.7. The summed E-state index contributed by atoms with van der Waals surface area (Å²) in [5.74, 6) is 1.05. The molecule has 1 atom stereocenters. The average Bonchev–Trinajstić information content (AvgIpc) is 2.88. The summed E-state index contributed by atoms with van der Waals surface area (Å²) in [7, 11) is 0. The number of halogens is 1. The molecule has 0 spiro atoms. The number of nitrogens with two attached hydrogens (primary N) is 1. The Morgan fingerprint density at radius 2 is 2.05 bits per heavy atom. The number of hydrogen-bond donors (Lipinski definition) is 1. The highest BCUT2D eigenvalue weighted by Gasteiger charge is 2.16. The van der Waals surface area contributed by atoms with E-state index in [0.29, 0.717) is 24.7 Å². The molecule has 1 aliphatic rings. The summed E-state index contributed by atoms with van der Waals surface area (Å²) in [4.78, 5) is 0. The van der Waals surface area contributed by atoms with E-state index in [2.05, 4.69) is 0 Å². The highest BCUT2D eigenvalue weighted by molar-refractivity contribution is 5.30. The molecule has 2 rings (SSSR count). The van der Waals surface area contributed by atoms with Crippen molar-refractivity contribution in [2.75, 3.05) is 6.61 Å². The van der Waals surface area contributed by atoms with Crippen molar-refractivity contribution < 1.29 is 9.13 Å². The van der Waals surface area contributed by atoms with Crippen molar-refractivity contribution in [1.82, 2.24) is 0 Å². The molecule has 106 valence electrons. The van der Waals surface area contributed by atoms with Gasteiger partial charge in [-0.2, -0.15) is 0 Å². The van der Waals surface area contributed by atoms with Crippen LogP contribution in [0, 0.1) is 11.7 Å². The lowest BCUT2D eigenvalue weighted by Crippen LogP contribution is -2.21. The number of hydrogen-bond acceptors (Lipinski definition) is 2. The maximum absolute atomic E-state index is 13.6. The second-order valence-corrected chi connectivity index (χ2v) is 5.63. The second-order valence-electron chi connectivity index (χ2n) is 5.63. The van der Waals surface area contributed by atoms with Crippen molar-refractivity contribution in [2.45, 2.75) is 51.5 Å². The minimum absolute atomic E-state index is 0.0875. The zero-order chi connectivity index (χ0) is 13.7. The van der Waals surface area contributed by atoms with Crippen LogP contribution in [-0.4, -0.2) is 12.6 Å². The molecule has 0 aliphatic heterocycles. The van der Waals surface area contributed by atoms with Gasteiger partial charge in [-0.15, -0.1) is 0 Å². The summed E-state index contributed by atoms with van der Waals surface area (Å²) < 4.78 is 19.3. The molecule has 0 heterocycles. The predicted octanol–water partition coefficient (Wildman–Crippen LogP) is 3.67. The van der Waals surface area contributed by atoms with Crippen molar-refractivity contribution in [2.24, 2.45) is 11.7 Å². The first kappa shape index (κ1) is 14.3. The third-order valence-electron chi connectivity index (χ3n) is 3.91. The Morgan fingerprint density at radius 3 is 2.74 bits per heavy atom. The summed E-state index contributed by atoms with van der Waals surface area (Å²) in [5, 5.41) is 0. The van der Waals surface area contributed by atoms with Gasteiger partial charge in [0.2, 0.25) is 0 Å². The summed E-state index contributed by atoms with van der Waals surface area (Å²) in [6.07, 6.45) is 6.68. The van der Waals surface area contributed by atoms with Crippen LogP contribution in [-0.2, 0) is 6.42 Å². The normalized spacial score (nSPS) is 17.6. The standard InChI is InChI=1S/C16H24FNO/c1-2-15(18)8-13-7-14(17)10-16(9-13)19-11-12-5-3-4-6-12/h7,9-10,12,15H,2-6,8,11,18H2,1H3. The van der Waals surface area contributed by atoms with Gasteiger partial charge in [-0.1, -0.05) is 19.8 Å². The van der Waals surface area contributed by atoms with Gasteiger partial charge in [-0.3, -0.25) is 0 Å². The molecule has 1 aromatic rings. The largest absolute Gasteiger partial charge is 0.493 e. The van der Waals surface area contributed by atoms with Crippen LogP contribution >= 0.6 is 0 Å². The molecule has 1 saturated carbocycles. The van der Waals surface area contributed by atoms with Crippen molar-refractivity contribution in [3.63, 3.8) is 0 Å². The summed E-state index contributed by atoms with van der Waals surface area (Å²) >= 11 is 0. The van der Waals surface area contributed by atoms with Crippen LogP contribution in [0.15, 0.2) is 18.2 Å². The Kier molecular flexibility index (Phi) is 5.20. The maximum atomic E-state index is 13.6. The van der Waals surface area contributed by atoms with Gasteiger partial charge in [-0.05, 0) is 49.3 Å². The first-order valence-electron chi connectivity index (χ1n) is 7.35. The van der Waals surface area contributed by atoms with E-state index in [1.165, 1.54) is 31.7 Å². The quantitative estimate of drug-likeness (QED) is 0.851. The summed E-state index contributed by atoms with van der Waals surface area (Å²) in [6.45, 7) is 2.75. The third kappa shape index (κ3) is 4.50. The highest BCUT2D eigenvalue weighted by Crippen LogP contribution is 2.26. The van der Waals surface area contributed by atoms with Crippen LogP contribution in [0.25, 0.3) is 0 Å². The lowest BCUT2D eigenvalue weighted by Gasteiger charge is -2.14. The van der Waals surface area contributed by atoms with Gasteiger partial charge in [0.25, 0.3) is 0 Å². The van der Waals surface area contributed by atoms with E-state index in [1.54, 1.807) is 6.07 Å².